The van der Waals surface area contributed by atoms with Crippen LogP contribution in [0, 0.1) is 11.8 Å². The van der Waals surface area contributed by atoms with Gasteiger partial charge < -0.3 is 4.74 Å². The summed E-state index contributed by atoms with van der Waals surface area (Å²) in [6.45, 7) is 9.58. The normalized spacial score (nSPS) is 26.2. The van der Waals surface area contributed by atoms with E-state index in [1.165, 1.54) is 12.8 Å². The highest BCUT2D eigenvalue weighted by molar-refractivity contribution is 5.70. The predicted molar refractivity (Wildman–Crippen MR) is 66.1 cm³/mol. The number of hydrogen-bond donors (Lipinski definition) is 0. The van der Waals surface area contributed by atoms with Crippen LogP contribution in [0.1, 0.15) is 52.9 Å². The molecule has 0 bridgehead atoms. The van der Waals surface area contributed by atoms with Crippen molar-refractivity contribution in [2.75, 3.05) is 0 Å². The van der Waals surface area contributed by atoms with Gasteiger partial charge in [-0.05, 0) is 58.3 Å². The van der Waals surface area contributed by atoms with Crippen LogP contribution in [0.2, 0.25) is 0 Å². The van der Waals surface area contributed by atoms with Crippen molar-refractivity contribution in [2.45, 2.75) is 58.5 Å². The van der Waals surface area contributed by atoms with E-state index in [2.05, 4.69) is 6.58 Å². The van der Waals surface area contributed by atoms with Gasteiger partial charge in [-0.3, -0.25) is 4.79 Å². The summed E-state index contributed by atoms with van der Waals surface area (Å²) in [7, 11) is 0. The van der Waals surface area contributed by atoms with Crippen molar-refractivity contribution < 1.29 is 9.53 Å². The molecule has 0 aromatic carbocycles. The second kappa shape index (κ2) is 5.51. The molecule has 0 heterocycles. The molecule has 0 aliphatic heterocycles. The fourth-order valence-electron chi connectivity index (χ4n) is 2.25. The Kier molecular flexibility index (Phi) is 4.57. The van der Waals surface area contributed by atoms with E-state index in [1.54, 1.807) is 0 Å². The minimum absolute atomic E-state index is 0.0467. The van der Waals surface area contributed by atoms with E-state index in [0.29, 0.717) is 18.3 Å². The average Bonchev–Trinajstić information content (AvgIpc) is 2.16. The van der Waals surface area contributed by atoms with Gasteiger partial charge in [0.1, 0.15) is 5.60 Å². The highest BCUT2D eigenvalue weighted by Gasteiger charge is 2.24. The van der Waals surface area contributed by atoms with Crippen molar-refractivity contribution in [3.8, 4) is 0 Å². The van der Waals surface area contributed by atoms with Crippen molar-refractivity contribution in [3.05, 3.63) is 12.7 Å². The van der Waals surface area contributed by atoms with Crippen LogP contribution in [0.15, 0.2) is 12.7 Å². The van der Waals surface area contributed by atoms with Crippen LogP contribution in [-0.4, -0.2) is 11.6 Å². The van der Waals surface area contributed by atoms with E-state index in [0.717, 1.165) is 12.8 Å². The van der Waals surface area contributed by atoms with Crippen molar-refractivity contribution in [3.63, 3.8) is 0 Å². The molecular formula is C14H24O2. The number of carbonyl (C=O) groups excluding carboxylic acids is 1. The lowest BCUT2D eigenvalue weighted by Gasteiger charge is -2.27. The molecule has 1 aliphatic rings. The Morgan fingerprint density at radius 1 is 1.31 bits per heavy atom. The summed E-state index contributed by atoms with van der Waals surface area (Å²) in [6, 6.07) is 0. The smallest absolute Gasteiger partial charge is 0.306 e. The first-order valence-electron chi connectivity index (χ1n) is 6.25. The Bertz CT molecular complexity index is 242. The zero-order valence-corrected chi connectivity index (χ0v) is 10.8. The van der Waals surface area contributed by atoms with Gasteiger partial charge in [0.2, 0.25) is 0 Å². The Hall–Kier alpha value is -0.790. The molecule has 0 unspecified atom stereocenters. The molecule has 1 rings (SSSR count). The van der Waals surface area contributed by atoms with Gasteiger partial charge in [0.05, 0.1) is 0 Å². The minimum Gasteiger partial charge on any atom is -0.460 e. The van der Waals surface area contributed by atoms with Crippen LogP contribution in [-0.2, 0) is 9.53 Å². The molecule has 1 saturated carbocycles. The summed E-state index contributed by atoms with van der Waals surface area (Å²) in [4.78, 5) is 11.6. The third-order valence-corrected chi connectivity index (χ3v) is 3.10. The van der Waals surface area contributed by atoms with Crippen LogP contribution in [0.4, 0.5) is 0 Å². The Morgan fingerprint density at radius 2 is 1.88 bits per heavy atom. The summed E-state index contributed by atoms with van der Waals surface area (Å²) < 4.78 is 5.33. The summed E-state index contributed by atoms with van der Waals surface area (Å²) in [5.74, 6) is 1.13. The summed E-state index contributed by atoms with van der Waals surface area (Å²) in [6.07, 6.45) is 7.25. The molecular weight excluding hydrogens is 200 g/mol. The predicted octanol–water partition coefficient (Wildman–Crippen LogP) is 3.71. The molecule has 2 nitrogen and oxygen atoms in total. The zero-order chi connectivity index (χ0) is 12.2. The van der Waals surface area contributed by atoms with Gasteiger partial charge in [0, 0.05) is 6.42 Å². The highest BCUT2D eigenvalue weighted by Crippen LogP contribution is 2.31. The fourth-order valence-corrected chi connectivity index (χ4v) is 2.25. The first-order chi connectivity index (χ1) is 7.40. The molecule has 0 aromatic heterocycles. The molecule has 0 spiro atoms. The number of esters is 1. The van der Waals surface area contributed by atoms with Crippen molar-refractivity contribution in [1.82, 2.24) is 0 Å². The first-order valence-corrected chi connectivity index (χ1v) is 6.25. The number of hydrogen-bond acceptors (Lipinski definition) is 2. The van der Waals surface area contributed by atoms with E-state index in [1.807, 2.05) is 26.8 Å². The monoisotopic (exact) mass is 224 g/mol. The lowest BCUT2D eigenvalue weighted by Crippen LogP contribution is -2.26. The molecule has 0 amide bonds. The van der Waals surface area contributed by atoms with Gasteiger partial charge in [-0.2, -0.15) is 0 Å². The van der Waals surface area contributed by atoms with Crippen LogP contribution in [0.25, 0.3) is 0 Å². The lowest BCUT2D eigenvalue weighted by molar-refractivity contribution is -0.156. The van der Waals surface area contributed by atoms with E-state index in [4.69, 9.17) is 4.74 Å². The van der Waals surface area contributed by atoms with Gasteiger partial charge in [0.25, 0.3) is 0 Å². The highest BCUT2D eigenvalue weighted by atomic mass is 16.6. The molecule has 0 saturated heterocycles. The lowest BCUT2D eigenvalue weighted by atomic mass is 9.81. The number of carbonyl (C=O) groups is 1. The fraction of sp³-hybridized carbons (Fsp3) is 0.786. The van der Waals surface area contributed by atoms with Crippen molar-refractivity contribution in [1.29, 1.82) is 0 Å². The molecule has 0 atom stereocenters. The van der Waals surface area contributed by atoms with Crippen LogP contribution >= 0.6 is 0 Å². The Balaban J connectivity index is 2.28. The Morgan fingerprint density at radius 3 is 2.31 bits per heavy atom. The number of ether oxygens (including phenoxy) is 1. The first kappa shape index (κ1) is 13.3. The second-order valence-electron chi connectivity index (χ2n) is 5.81. The third-order valence-electron chi connectivity index (χ3n) is 3.10. The zero-order valence-electron chi connectivity index (χ0n) is 10.8. The van der Waals surface area contributed by atoms with Crippen LogP contribution in [0.3, 0.4) is 0 Å². The molecule has 16 heavy (non-hydrogen) atoms. The molecule has 0 aromatic rings. The third kappa shape index (κ3) is 4.82. The minimum atomic E-state index is -0.352. The van der Waals surface area contributed by atoms with E-state index >= 15 is 0 Å². The largest absolute Gasteiger partial charge is 0.460 e. The maximum absolute atomic E-state index is 11.6. The van der Waals surface area contributed by atoms with Crippen molar-refractivity contribution in [2.24, 2.45) is 11.8 Å². The van der Waals surface area contributed by atoms with Gasteiger partial charge >= 0.3 is 5.97 Å². The van der Waals surface area contributed by atoms with Crippen molar-refractivity contribution >= 4 is 5.97 Å². The average molecular weight is 224 g/mol. The summed E-state index contributed by atoms with van der Waals surface area (Å²) in [5, 5.41) is 0. The molecule has 92 valence electrons. The molecule has 0 N–H and O–H groups in total. The topological polar surface area (TPSA) is 26.3 Å². The molecule has 0 radical (unpaired) electrons. The van der Waals surface area contributed by atoms with Gasteiger partial charge in [0.15, 0.2) is 0 Å². The van der Waals surface area contributed by atoms with Gasteiger partial charge in [-0.25, -0.2) is 0 Å². The standard InChI is InChI=1S/C14H24O2/c1-5-11-6-8-12(9-7-11)10-13(15)16-14(2,3)4/h5,11-12H,1,6-10H2,2-4H3. The van der Waals surface area contributed by atoms with E-state index < -0.39 is 0 Å². The number of allylic oxidation sites excluding steroid dienone is 1. The van der Waals surface area contributed by atoms with Crippen LogP contribution in [0.5, 0.6) is 0 Å². The molecule has 2 heteroatoms. The van der Waals surface area contributed by atoms with Gasteiger partial charge in [-0.1, -0.05) is 6.08 Å². The SMILES string of the molecule is C=CC1CCC(CC(=O)OC(C)(C)C)CC1. The van der Waals surface area contributed by atoms with E-state index in [-0.39, 0.29) is 11.6 Å². The van der Waals surface area contributed by atoms with Crippen LogP contribution < -0.4 is 0 Å². The molecule has 1 fully saturated rings. The maximum atomic E-state index is 11.6. The number of rotatable bonds is 3. The van der Waals surface area contributed by atoms with Gasteiger partial charge in [-0.15, -0.1) is 6.58 Å². The molecule has 1 aliphatic carbocycles. The summed E-state index contributed by atoms with van der Waals surface area (Å²) >= 11 is 0. The summed E-state index contributed by atoms with van der Waals surface area (Å²) in [5.41, 5.74) is -0.352. The maximum Gasteiger partial charge on any atom is 0.306 e. The second-order valence-corrected chi connectivity index (χ2v) is 5.81. The van der Waals surface area contributed by atoms with E-state index in [9.17, 15) is 4.79 Å². The Labute approximate surface area is 99.1 Å². The quantitative estimate of drug-likeness (QED) is 0.539.